The Hall–Kier alpha value is -1.91. The van der Waals surface area contributed by atoms with Crippen LogP contribution in [0.5, 0.6) is 0 Å². The zero-order chi connectivity index (χ0) is 19.7. The molecule has 6 nitrogen and oxygen atoms in total. The van der Waals surface area contributed by atoms with E-state index in [-0.39, 0.29) is 4.90 Å². The van der Waals surface area contributed by atoms with Crippen molar-refractivity contribution in [3.8, 4) is 0 Å². The second-order valence-electron chi connectivity index (χ2n) is 6.41. The number of nitrogens with zero attached hydrogens (tertiary/aromatic N) is 4. The number of rotatable bonds is 5. The lowest BCUT2D eigenvalue weighted by Crippen LogP contribution is -2.48. The molecule has 0 amide bonds. The normalized spacial score (nSPS) is 17.3. The van der Waals surface area contributed by atoms with Gasteiger partial charge in [-0.2, -0.15) is 22.6 Å². The average molecular weight is 402 g/mol. The zero-order valence-corrected chi connectivity index (χ0v) is 15.7. The van der Waals surface area contributed by atoms with Gasteiger partial charge >= 0.3 is 6.18 Å². The van der Waals surface area contributed by atoms with Crippen LogP contribution in [0, 0.1) is 0 Å². The smallest absolute Gasteiger partial charge is 0.296 e. The summed E-state index contributed by atoms with van der Waals surface area (Å²) >= 11 is 0. The Balaban J connectivity index is 1.62. The van der Waals surface area contributed by atoms with Crippen LogP contribution < -0.4 is 0 Å². The molecule has 0 aliphatic carbocycles. The molecule has 3 rings (SSSR count). The van der Waals surface area contributed by atoms with Crippen LogP contribution in [0.25, 0.3) is 0 Å². The fraction of sp³-hybridized carbons (Fsp3) is 0.471. The summed E-state index contributed by atoms with van der Waals surface area (Å²) < 4.78 is 66.8. The standard InChI is InChI=1S/C17H21F3N4O2S/c1-2-23-13-16(11-21-23)27(25,26)24-8-6-22(7-9-24)12-14-4-3-5-15(10-14)17(18,19)20/h3-5,10-11,13H,2,6-9,12H2,1H3. The fourth-order valence-electron chi connectivity index (χ4n) is 3.03. The lowest BCUT2D eigenvalue weighted by molar-refractivity contribution is -0.137. The highest BCUT2D eigenvalue weighted by atomic mass is 32.2. The van der Waals surface area contributed by atoms with E-state index in [1.165, 1.54) is 22.8 Å². The number of aromatic nitrogens is 2. The number of aryl methyl sites for hydroxylation is 1. The van der Waals surface area contributed by atoms with Crippen molar-refractivity contribution in [3.63, 3.8) is 0 Å². The molecule has 148 valence electrons. The van der Waals surface area contributed by atoms with E-state index in [4.69, 9.17) is 0 Å². The lowest BCUT2D eigenvalue weighted by Gasteiger charge is -2.33. The van der Waals surface area contributed by atoms with E-state index in [1.54, 1.807) is 10.7 Å². The minimum Gasteiger partial charge on any atom is -0.296 e. The van der Waals surface area contributed by atoms with Crippen LogP contribution >= 0.6 is 0 Å². The fourth-order valence-corrected chi connectivity index (χ4v) is 4.41. The second-order valence-corrected chi connectivity index (χ2v) is 8.35. The van der Waals surface area contributed by atoms with Crippen molar-refractivity contribution >= 4 is 10.0 Å². The van der Waals surface area contributed by atoms with E-state index in [0.717, 1.165) is 12.1 Å². The number of piperazine rings is 1. The third kappa shape index (κ3) is 4.50. The number of hydrogen-bond acceptors (Lipinski definition) is 4. The van der Waals surface area contributed by atoms with Crippen LogP contribution in [-0.2, 0) is 29.3 Å². The second kappa shape index (κ2) is 7.61. The predicted octanol–water partition coefficient (Wildman–Crippen LogP) is 2.43. The van der Waals surface area contributed by atoms with E-state index in [0.29, 0.717) is 44.8 Å². The van der Waals surface area contributed by atoms with Gasteiger partial charge in [-0.3, -0.25) is 9.58 Å². The van der Waals surface area contributed by atoms with Gasteiger partial charge in [0.05, 0.1) is 11.8 Å². The Bertz CT molecular complexity index is 888. The van der Waals surface area contributed by atoms with Gasteiger partial charge in [-0.05, 0) is 18.6 Å². The molecule has 1 saturated heterocycles. The van der Waals surface area contributed by atoms with Crippen LogP contribution in [0.2, 0.25) is 0 Å². The first kappa shape index (κ1) is 19.8. The first-order valence-electron chi connectivity index (χ1n) is 8.61. The van der Waals surface area contributed by atoms with Gasteiger partial charge in [0.1, 0.15) is 4.90 Å². The van der Waals surface area contributed by atoms with Crippen LogP contribution in [0.4, 0.5) is 13.2 Å². The molecule has 1 aliphatic rings. The van der Waals surface area contributed by atoms with E-state index in [1.807, 2.05) is 11.8 Å². The molecule has 0 spiro atoms. The molecule has 27 heavy (non-hydrogen) atoms. The first-order chi connectivity index (χ1) is 12.7. The number of benzene rings is 1. The molecule has 2 heterocycles. The number of halogens is 3. The Morgan fingerprint density at radius 3 is 2.44 bits per heavy atom. The monoisotopic (exact) mass is 402 g/mol. The maximum absolute atomic E-state index is 12.8. The van der Waals surface area contributed by atoms with Crippen LogP contribution in [0.1, 0.15) is 18.1 Å². The molecule has 0 N–H and O–H groups in total. The number of alkyl halides is 3. The van der Waals surface area contributed by atoms with Crippen LogP contribution in [-0.4, -0.2) is 53.6 Å². The summed E-state index contributed by atoms with van der Waals surface area (Å²) in [6.07, 6.45) is -1.52. The maximum Gasteiger partial charge on any atom is 0.416 e. The summed E-state index contributed by atoms with van der Waals surface area (Å²) in [4.78, 5) is 2.12. The van der Waals surface area contributed by atoms with E-state index in [9.17, 15) is 21.6 Å². The summed E-state index contributed by atoms with van der Waals surface area (Å²) in [6, 6.07) is 5.23. The third-order valence-corrected chi connectivity index (χ3v) is 6.41. The zero-order valence-electron chi connectivity index (χ0n) is 14.9. The minimum atomic E-state index is -4.37. The predicted molar refractivity (Wildman–Crippen MR) is 93.4 cm³/mol. The molecule has 10 heteroatoms. The molecular weight excluding hydrogens is 381 g/mol. The largest absolute Gasteiger partial charge is 0.416 e. The molecule has 1 aromatic carbocycles. The quantitative estimate of drug-likeness (QED) is 0.771. The molecule has 0 atom stereocenters. The van der Waals surface area contributed by atoms with Crippen molar-refractivity contribution < 1.29 is 21.6 Å². The van der Waals surface area contributed by atoms with Gasteiger partial charge in [0.25, 0.3) is 0 Å². The summed E-state index contributed by atoms with van der Waals surface area (Å²) in [5, 5.41) is 4.00. The first-order valence-corrected chi connectivity index (χ1v) is 10.1. The molecule has 0 saturated carbocycles. The molecule has 1 aliphatic heterocycles. The highest BCUT2D eigenvalue weighted by Crippen LogP contribution is 2.30. The van der Waals surface area contributed by atoms with Crippen molar-refractivity contribution in [2.45, 2.75) is 31.1 Å². The minimum absolute atomic E-state index is 0.163. The van der Waals surface area contributed by atoms with Gasteiger partial charge in [-0.25, -0.2) is 8.42 Å². The maximum atomic E-state index is 12.8. The summed E-state index contributed by atoms with van der Waals surface area (Å²) in [6.45, 7) is 4.30. The molecular formula is C17H21F3N4O2S. The number of sulfonamides is 1. The van der Waals surface area contributed by atoms with Crippen molar-refractivity contribution in [2.24, 2.45) is 0 Å². The third-order valence-electron chi connectivity index (χ3n) is 4.56. The highest BCUT2D eigenvalue weighted by molar-refractivity contribution is 7.89. The van der Waals surface area contributed by atoms with Crippen molar-refractivity contribution in [1.29, 1.82) is 0 Å². The lowest BCUT2D eigenvalue weighted by atomic mass is 10.1. The SMILES string of the molecule is CCn1cc(S(=O)(=O)N2CCN(Cc3cccc(C(F)(F)F)c3)CC2)cn1. The molecule has 1 aromatic heterocycles. The Morgan fingerprint density at radius 2 is 1.85 bits per heavy atom. The van der Waals surface area contributed by atoms with Crippen molar-refractivity contribution in [3.05, 3.63) is 47.8 Å². The molecule has 1 fully saturated rings. The molecule has 0 radical (unpaired) electrons. The van der Waals surface area contributed by atoms with Gasteiger partial charge in [0, 0.05) is 45.5 Å². The van der Waals surface area contributed by atoms with E-state index >= 15 is 0 Å². The van der Waals surface area contributed by atoms with Gasteiger partial charge in [0.15, 0.2) is 0 Å². The highest BCUT2D eigenvalue weighted by Gasteiger charge is 2.31. The average Bonchev–Trinajstić information content (AvgIpc) is 3.12. The van der Waals surface area contributed by atoms with E-state index < -0.39 is 21.8 Å². The van der Waals surface area contributed by atoms with Gasteiger partial charge in [-0.1, -0.05) is 18.2 Å². The van der Waals surface area contributed by atoms with Crippen LogP contribution in [0.3, 0.4) is 0 Å². The van der Waals surface area contributed by atoms with Gasteiger partial charge < -0.3 is 0 Å². The summed E-state index contributed by atoms with van der Waals surface area (Å²) in [5.74, 6) is 0. The summed E-state index contributed by atoms with van der Waals surface area (Å²) in [7, 11) is -3.60. The summed E-state index contributed by atoms with van der Waals surface area (Å²) in [5.41, 5.74) is -0.112. The molecule has 0 unspecified atom stereocenters. The topological polar surface area (TPSA) is 58.4 Å². The molecule has 2 aromatic rings. The Morgan fingerprint density at radius 1 is 1.15 bits per heavy atom. The Kier molecular flexibility index (Phi) is 5.59. The van der Waals surface area contributed by atoms with Crippen LogP contribution in [0.15, 0.2) is 41.6 Å². The van der Waals surface area contributed by atoms with Crippen molar-refractivity contribution in [1.82, 2.24) is 19.0 Å². The number of hydrogen-bond donors (Lipinski definition) is 0. The van der Waals surface area contributed by atoms with Gasteiger partial charge in [-0.15, -0.1) is 0 Å². The van der Waals surface area contributed by atoms with E-state index in [2.05, 4.69) is 5.10 Å². The van der Waals surface area contributed by atoms with Gasteiger partial charge in [0.2, 0.25) is 10.0 Å². The Labute approximate surface area is 156 Å². The molecule has 0 bridgehead atoms. The van der Waals surface area contributed by atoms with Crippen molar-refractivity contribution in [2.75, 3.05) is 26.2 Å².